The number of carbonyl (C=O) groups excluding carboxylic acids is 3. The molecule has 6 aromatic carbocycles. The van der Waals surface area contributed by atoms with Crippen LogP contribution in [-0.4, -0.2) is 50.6 Å². The van der Waals surface area contributed by atoms with Crippen LogP contribution in [0.4, 0.5) is 0 Å². The van der Waals surface area contributed by atoms with Gasteiger partial charge in [-0.05, 0) is 55.7 Å². The van der Waals surface area contributed by atoms with Crippen molar-refractivity contribution in [2.24, 2.45) is 0 Å². The molecule has 0 aliphatic heterocycles. The average Bonchev–Trinajstić information content (AvgIpc) is 3.26. The molecule has 3 N–H and O–H groups in total. The van der Waals surface area contributed by atoms with Crippen LogP contribution in [0.15, 0.2) is 164 Å². The summed E-state index contributed by atoms with van der Waals surface area (Å²) >= 11 is 0. The summed E-state index contributed by atoms with van der Waals surface area (Å²) < 4.78 is 0. The van der Waals surface area contributed by atoms with Crippen LogP contribution in [0.3, 0.4) is 0 Å². The summed E-state index contributed by atoms with van der Waals surface area (Å²) in [6.45, 7) is 4.82. The lowest BCUT2D eigenvalue weighted by atomic mass is 9.96. The quantitative estimate of drug-likeness (QED) is 0.103. The maximum atomic E-state index is 12.2. The van der Waals surface area contributed by atoms with Gasteiger partial charge in [-0.15, -0.1) is 0 Å². The predicted octanol–water partition coefficient (Wildman–Crippen LogP) is 9.32. The number of carboxylic acid groups (broad SMARTS) is 3. The van der Waals surface area contributed by atoms with E-state index in [1.807, 2.05) is 18.2 Å². The topological polar surface area (TPSA) is 163 Å². The molecule has 0 bridgehead atoms. The van der Waals surface area contributed by atoms with Crippen molar-refractivity contribution in [3.63, 3.8) is 0 Å². The lowest BCUT2D eigenvalue weighted by Crippen LogP contribution is -2.09. The first-order chi connectivity index (χ1) is 27.3. The van der Waals surface area contributed by atoms with E-state index in [9.17, 15) is 28.8 Å². The van der Waals surface area contributed by atoms with E-state index >= 15 is 0 Å². The van der Waals surface area contributed by atoms with Crippen molar-refractivity contribution in [1.29, 1.82) is 0 Å². The highest BCUT2D eigenvalue weighted by Crippen LogP contribution is 2.21. The first kappa shape index (κ1) is 42.5. The molecule has 57 heavy (non-hydrogen) atoms. The minimum Gasteiger partial charge on any atom is -0.481 e. The minimum absolute atomic E-state index is 0.0972. The first-order valence-electron chi connectivity index (χ1n) is 18.1. The molecule has 0 radical (unpaired) electrons. The lowest BCUT2D eigenvalue weighted by Gasteiger charge is -2.08. The van der Waals surface area contributed by atoms with Gasteiger partial charge < -0.3 is 15.3 Å². The van der Waals surface area contributed by atoms with Gasteiger partial charge in [-0.25, -0.2) is 0 Å². The number of benzene rings is 6. The fourth-order valence-corrected chi connectivity index (χ4v) is 5.54. The zero-order chi connectivity index (χ0) is 41.5. The molecule has 0 aliphatic rings. The largest absolute Gasteiger partial charge is 0.481 e. The molecule has 9 nitrogen and oxygen atoms in total. The van der Waals surface area contributed by atoms with Crippen molar-refractivity contribution in [3.8, 4) is 0 Å². The number of carbonyl (C=O) groups is 6. The second-order valence-corrected chi connectivity index (χ2v) is 13.1. The molecule has 0 aromatic heterocycles. The molecule has 0 fully saturated rings. The van der Waals surface area contributed by atoms with Gasteiger partial charge in [0.25, 0.3) is 0 Å². The van der Waals surface area contributed by atoms with Gasteiger partial charge in [0.15, 0.2) is 17.3 Å². The molecule has 0 saturated carbocycles. The minimum atomic E-state index is -0.899. The highest BCUT2D eigenvalue weighted by atomic mass is 16.4. The molecular formula is C48H42O9. The number of rotatable bonds is 12. The van der Waals surface area contributed by atoms with Crippen LogP contribution < -0.4 is 0 Å². The zero-order valence-electron chi connectivity index (χ0n) is 31.6. The molecule has 0 heterocycles. The molecular weight excluding hydrogens is 721 g/mol. The molecule has 0 aliphatic carbocycles. The Morgan fingerprint density at radius 3 is 0.737 bits per heavy atom. The molecule has 0 spiro atoms. The third-order valence-electron chi connectivity index (χ3n) is 9.17. The van der Waals surface area contributed by atoms with Crippen LogP contribution in [0, 0.1) is 0 Å². The molecule has 6 rings (SSSR count). The second-order valence-electron chi connectivity index (χ2n) is 13.1. The highest BCUT2D eigenvalue weighted by Gasteiger charge is 2.18. The van der Waals surface area contributed by atoms with Gasteiger partial charge in [0.1, 0.15) is 0 Å². The Morgan fingerprint density at radius 2 is 0.526 bits per heavy atom. The predicted molar refractivity (Wildman–Crippen MR) is 217 cm³/mol. The van der Waals surface area contributed by atoms with Crippen molar-refractivity contribution in [2.45, 2.75) is 38.5 Å². The monoisotopic (exact) mass is 762 g/mol. The van der Waals surface area contributed by atoms with E-state index in [0.29, 0.717) is 50.1 Å². The summed E-state index contributed by atoms with van der Waals surface area (Å²) in [6.07, 6.45) is 0. The van der Waals surface area contributed by atoms with Gasteiger partial charge in [0.05, 0.1) is 17.8 Å². The third-order valence-corrected chi connectivity index (χ3v) is 9.17. The number of hydrogen-bond acceptors (Lipinski definition) is 6. The fourth-order valence-electron chi connectivity index (χ4n) is 5.54. The molecule has 6 aromatic rings. The van der Waals surface area contributed by atoms with E-state index in [2.05, 4.69) is 0 Å². The summed E-state index contributed by atoms with van der Waals surface area (Å²) in [5, 5.41) is 27.0. The van der Waals surface area contributed by atoms with Crippen molar-refractivity contribution >= 4 is 35.3 Å². The van der Waals surface area contributed by atoms with E-state index in [4.69, 9.17) is 15.3 Å². The van der Waals surface area contributed by atoms with Crippen LogP contribution in [0.5, 0.6) is 0 Å². The van der Waals surface area contributed by atoms with Gasteiger partial charge in [-0.1, -0.05) is 146 Å². The van der Waals surface area contributed by atoms with Crippen molar-refractivity contribution in [2.75, 3.05) is 0 Å². The SMILES string of the molecule is CC(C(=O)O)c1cccc(C(=O)c2ccccc2)c1.CC(C(=O)O)c1cccc(C(=O)c2ccccc2)c1.CC(C(=O)O)c1cccc(C(=O)c2ccccc2)c1. The van der Waals surface area contributed by atoms with Gasteiger partial charge in [0.2, 0.25) is 0 Å². The van der Waals surface area contributed by atoms with Crippen LogP contribution >= 0.6 is 0 Å². The Bertz CT molecular complexity index is 2070. The molecule has 0 saturated heterocycles. The van der Waals surface area contributed by atoms with Crippen LogP contribution in [-0.2, 0) is 14.4 Å². The Labute approximate surface area is 330 Å². The number of carboxylic acids is 3. The maximum absolute atomic E-state index is 12.2. The van der Waals surface area contributed by atoms with E-state index in [0.717, 1.165) is 0 Å². The summed E-state index contributed by atoms with van der Waals surface area (Å²) in [5.41, 5.74) is 5.23. The van der Waals surface area contributed by atoms with E-state index in [-0.39, 0.29) is 17.3 Å². The molecule has 288 valence electrons. The summed E-state index contributed by atoms with van der Waals surface area (Å²) in [5.74, 6) is -4.85. The van der Waals surface area contributed by atoms with Gasteiger partial charge in [0, 0.05) is 33.4 Å². The van der Waals surface area contributed by atoms with E-state index in [1.54, 1.807) is 166 Å². The van der Waals surface area contributed by atoms with Crippen LogP contribution in [0.2, 0.25) is 0 Å². The van der Waals surface area contributed by atoms with Gasteiger partial charge >= 0.3 is 17.9 Å². The lowest BCUT2D eigenvalue weighted by molar-refractivity contribution is -0.139. The Balaban J connectivity index is 0.000000189. The van der Waals surface area contributed by atoms with E-state index in [1.165, 1.54) is 0 Å². The Morgan fingerprint density at radius 1 is 0.316 bits per heavy atom. The Hall–Kier alpha value is -7.26. The van der Waals surface area contributed by atoms with Gasteiger partial charge in [-0.2, -0.15) is 0 Å². The van der Waals surface area contributed by atoms with Gasteiger partial charge in [-0.3, -0.25) is 28.8 Å². The first-order valence-corrected chi connectivity index (χ1v) is 18.1. The molecule has 0 amide bonds. The fraction of sp³-hybridized carbons (Fsp3) is 0.125. The second kappa shape index (κ2) is 20.4. The summed E-state index contributed by atoms with van der Waals surface area (Å²) in [7, 11) is 0. The highest BCUT2D eigenvalue weighted by molar-refractivity contribution is 6.10. The molecule has 9 heteroatoms. The van der Waals surface area contributed by atoms with Crippen molar-refractivity contribution < 1.29 is 44.1 Å². The van der Waals surface area contributed by atoms with Crippen molar-refractivity contribution in [1.82, 2.24) is 0 Å². The standard InChI is InChI=1S/3C16H14O3/c3*1-11(16(18)19)13-8-5-9-14(10-13)15(17)12-6-3-2-4-7-12/h3*2-11H,1H3,(H,18,19). The smallest absolute Gasteiger partial charge is 0.310 e. The normalized spacial score (nSPS) is 11.8. The van der Waals surface area contributed by atoms with Crippen molar-refractivity contribution in [3.05, 3.63) is 214 Å². The average molecular weight is 763 g/mol. The third kappa shape index (κ3) is 11.9. The summed E-state index contributed by atoms with van der Waals surface area (Å²) in [6, 6.07) is 47.2. The molecule has 3 unspecified atom stereocenters. The van der Waals surface area contributed by atoms with Crippen LogP contribution in [0.25, 0.3) is 0 Å². The summed E-state index contributed by atoms with van der Waals surface area (Å²) in [4.78, 5) is 69.6. The number of ketones is 3. The molecule has 3 atom stereocenters. The van der Waals surface area contributed by atoms with E-state index < -0.39 is 35.7 Å². The maximum Gasteiger partial charge on any atom is 0.310 e. The van der Waals surface area contributed by atoms with Crippen LogP contribution in [0.1, 0.15) is 103 Å². The number of hydrogen-bond donors (Lipinski definition) is 3. The Kier molecular flexibility index (Phi) is 15.2. The number of aliphatic carboxylic acids is 3. The zero-order valence-corrected chi connectivity index (χ0v) is 31.6.